The maximum absolute atomic E-state index is 13.0. The number of nitrogens with zero attached hydrogens (tertiary/aromatic N) is 1. The van der Waals surface area contributed by atoms with Gasteiger partial charge in [0.25, 0.3) is 0 Å². The van der Waals surface area contributed by atoms with Crippen molar-refractivity contribution in [1.82, 2.24) is 10.2 Å². The first-order chi connectivity index (χ1) is 16.7. The summed E-state index contributed by atoms with van der Waals surface area (Å²) in [6, 6.07) is 12.5. The van der Waals surface area contributed by atoms with Crippen molar-refractivity contribution in [1.29, 1.82) is 0 Å². The number of urea groups is 2. The van der Waals surface area contributed by atoms with Crippen LogP contribution in [0.4, 0.5) is 21.0 Å². The van der Waals surface area contributed by atoms with Crippen molar-refractivity contribution < 1.29 is 23.9 Å². The topological polar surface area (TPSA) is 109 Å². The Morgan fingerprint density at radius 2 is 1.77 bits per heavy atom. The first-order valence-corrected chi connectivity index (χ1v) is 11.5. The van der Waals surface area contributed by atoms with Crippen LogP contribution in [0.5, 0.6) is 5.75 Å². The van der Waals surface area contributed by atoms with Crippen LogP contribution in [0.1, 0.15) is 45.7 Å². The van der Waals surface area contributed by atoms with E-state index in [-0.39, 0.29) is 12.1 Å². The van der Waals surface area contributed by atoms with Gasteiger partial charge in [-0.05, 0) is 69.2 Å². The lowest BCUT2D eigenvalue weighted by Gasteiger charge is -2.35. The number of rotatable bonds is 8. The fourth-order valence-corrected chi connectivity index (χ4v) is 3.83. The lowest BCUT2D eigenvalue weighted by atomic mass is 9.94. The molecule has 0 spiro atoms. The van der Waals surface area contributed by atoms with Crippen molar-refractivity contribution in [2.75, 3.05) is 24.3 Å². The summed E-state index contributed by atoms with van der Waals surface area (Å²) in [6.45, 7) is 7.75. The minimum Gasteiger partial charge on any atom is -0.497 e. The van der Waals surface area contributed by atoms with E-state index in [4.69, 9.17) is 9.47 Å². The number of carbonyl (C=O) groups is 3. The molecular weight excluding hydrogens is 448 g/mol. The molecular formula is C26H32N4O5. The van der Waals surface area contributed by atoms with Crippen molar-refractivity contribution in [2.24, 2.45) is 0 Å². The van der Waals surface area contributed by atoms with Gasteiger partial charge in [-0.15, -0.1) is 0 Å². The van der Waals surface area contributed by atoms with Gasteiger partial charge in [-0.2, -0.15) is 0 Å². The fraction of sp³-hybridized carbons (Fsp3) is 0.346. The number of nitrogens with one attached hydrogen (secondary N) is 3. The molecule has 0 saturated heterocycles. The van der Waals surface area contributed by atoms with Crippen LogP contribution in [0.25, 0.3) is 0 Å². The number of methoxy groups -OCH3 is 1. The molecule has 35 heavy (non-hydrogen) atoms. The highest BCUT2D eigenvalue weighted by atomic mass is 16.5. The third-order valence-corrected chi connectivity index (χ3v) is 5.43. The summed E-state index contributed by atoms with van der Waals surface area (Å²) in [5.41, 5.74) is 2.68. The van der Waals surface area contributed by atoms with Crippen LogP contribution in [0, 0.1) is 0 Å². The molecule has 1 heterocycles. The van der Waals surface area contributed by atoms with E-state index in [9.17, 15) is 14.4 Å². The van der Waals surface area contributed by atoms with Crippen LogP contribution in [0.3, 0.4) is 0 Å². The van der Waals surface area contributed by atoms with E-state index in [2.05, 4.69) is 16.0 Å². The Balaban J connectivity index is 1.85. The van der Waals surface area contributed by atoms with Gasteiger partial charge in [0.05, 0.1) is 24.8 Å². The average Bonchev–Trinajstić information content (AvgIpc) is 2.81. The average molecular weight is 481 g/mol. The van der Waals surface area contributed by atoms with Gasteiger partial charge in [0.1, 0.15) is 5.75 Å². The van der Waals surface area contributed by atoms with Gasteiger partial charge in [0.15, 0.2) is 0 Å². The first-order valence-electron chi connectivity index (χ1n) is 11.5. The number of ether oxygens (including phenoxy) is 2. The summed E-state index contributed by atoms with van der Waals surface area (Å²) in [5.74, 6) is 0.199. The Hall–Kier alpha value is -4.01. The number of amides is 4. The Kier molecular flexibility index (Phi) is 8.35. The summed E-state index contributed by atoms with van der Waals surface area (Å²) in [6.07, 6.45) is 0.431. The van der Waals surface area contributed by atoms with Crippen molar-refractivity contribution >= 4 is 29.4 Å². The maximum Gasteiger partial charge on any atom is 0.338 e. The van der Waals surface area contributed by atoms with E-state index in [0.29, 0.717) is 40.5 Å². The number of anilines is 2. The zero-order valence-electron chi connectivity index (χ0n) is 20.7. The van der Waals surface area contributed by atoms with Gasteiger partial charge < -0.3 is 25.4 Å². The minimum atomic E-state index is -0.715. The zero-order valence-corrected chi connectivity index (χ0v) is 20.7. The van der Waals surface area contributed by atoms with Crippen LogP contribution in [0.2, 0.25) is 0 Å². The summed E-state index contributed by atoms with van der Waals surface area (Å²) in [4.78, 5) is 39.9. The summed E-state index contributed by atoms with van der Waals surface area (Å²) in [5, 5.41) is 8.47. The van der Waals surface area contributed by atoms with Gasteiger partial charge >= 0.3 is 18.0 Å². The highest BCUT2D eigenvalue weighted by molar-refractivity contribution is 6.00. The maximum atomic E-state index is 13.0. The van der Waals surface area contributed by atoms with Gasteiger partial charge in [0.2, 0.25) is 0 Å². The van der Waals surface area contributed by atoms with Crippen LogP contribution in [0.15, 0.2) is 59.8 Å². The summed E-state index contributed by atoms with van der Waals surface area (Å²) >= 11 is 0. The lowest BCUT2D eigenvalue weighted by Crippen LogP contribution is -2.48. The van der Waals surface area contributed by atoms with Crippen LogP contribution in [-0.2, 0) is 9.53 Å². The number of allylic oxidation sites excluding steroid dienone is 1. The second-order valence-corrected chi connectivity index (χ2v) is 8.42. The molecule has 9 heteroatoms. The molecule has 1 aliphatic rings. The molecule has 0 saturated carbocycles. The quantitative estimate of drug-likeness (QED) is 0.459. The first kappa shape index (κ1) is 25.6. The van der Waals surface area contributed by atoms with E-state index in [0.717, 1.165) is 6.42 Å². The lowest BCUT2D eigenvalue weighted by molar-refractivity contribution is -0.143. The molecule has 186 valence electrons. The second kappa shape index (κ2) is 11.4. The van der Waals surface area contributed by atoms with E-state index < -0.39 is 18.0 Å². The number of hydrogen-bond donors (Lipinski definition) is 3. The Bertz CT molecular complexity index is 1110. The van der Waals surface area contributed by atoms with E-state index in [1.807, 2.05) is 6.92 Å². The summed E-state index contributed by atoms with van der Waals surface area (Å²) in [7, 11) is 1.57. The number of carbonyl (C=O) groups excluding carboxylic acids is 3. The second-order valence-electron chi connectivity index (χ2n) is 8.42. The molecule has 1 aliphatic heterocycles. The molecule has 4 amide bonds. The van der Waals surface area contributed by atoms with Gasteiger partial charge in [-0.25, -0.2) is 14.4 Å². The standard InChI is InChI=1S/C26H32N4O5/c1-6-14-30-17(4)22(24(31)35-16(2)3)23(29-26(30)33)18-8-7-9-20(15-18)28-25(32)27-19-10-12-21(34-5)13-11-19/h7-13,15-16,23H,6,14H2,1-5H3,(H,29,33)(H2,27,28,32). The SMILES string of the molecule is CCCN1C(=O)NC(c2cccc(NC(=O)Nc3ccc(OC)cc3)c2)C(C(=O)OC(C)C)=C1C. The smallest absolute Gasteiger partial charge is 0.338 e. The van der Waals surface area contributed by atoms with Crippen LogP contribution < -0.4 is 20.7 Å². The highest BCUT2D eigenvalue weighted by Crippen LogP contribution is 2.32. The molecule has 1 unspecified atom stereocenters. The monoisotopic (exact) mass is 480 g/mol. The Morgan fingerprint density at radius 1 is 1.09 bits per heavy atom. The normalized spacial score (nSPS) is 15.5. The molecule has 9 nitrogen and oxygen atoms in total. The Labute approximate surface area is 205 Å². The van der Waals surface area contributed by atoms with Crippen molar-refractivity contribution in [2.45, 2.75) is 46.3 Å². The van der Waals surface area contributed by atoms with Gasteiger partial charge in [0, 0.05) is 23.6 Å². The number of hydrogen-bond acceptors (Lipinski definition) is 5. The predicted octanol–water partition coefficient (Wildman–Crippen LogP) is 5.04. The van der Waals surface area contributed by atoms with Gasteiger partial charge in [-0.1, -0.05) is 19.1 Å². The molecule has 3 rings (SSSR count). The Morgan fingerprint density at radius 3 is 2.40 bits per heavy atom. The molecule has 1 atom stereocenters. The fourth-order valence-electron chi connectivity index (χ4n) is 3.83. The van der Waals surface area contributed by atoms with E-state index in [1.165, 1.54) is 0 Å². The largest absolute Gasteiger partial charge is 0.497 e. The molecule has 0 fully saturated rings. The molecule has 3 N–H and O–H groups in total. The van der Waals surface area contributed by atoms with Crippen molar-refractivity contribution in [3.63, 3.8) is 0 Å². The van der Waals surface area contributed by atoms with Crippen molar-refractivity contribution in [3.05, 3.63) is 65.4 Å². The minimum absolute atomic E-state index is 0.286. The van der Waals surface area contributed by atoms with E-state index >= 15 is 0 Å². The molecule has 0 aliphatic carbocycles. The summed E-state index contributed by atoms with van der Waals surface area (Å²) < 4.78 is 10.6. The molecule has 2 aromatic carbocycles. The third-order valence-electron chi connectivity index (χ3n) is 5.43. The van der Waals surface area contributed by atoms with Crippen LogP contribution in [-0.4, -0.2) is 42.7 Å². The molecule has 0 bridgehead atoms. The molecule has 2 aromatic rings. The molecule has 0 aromatic heterocycles. The molecule has 0 radical (unpaired) electrons. The zero-order chi connectivity index (χ0) is 25.5. The highest BCUT2D eigenvalue weighted by Gasteiger charge is 2.36. The predicted molar refractivity (Wildman–Crippen MR) is 134 cm³/mol. The van der Waals surface area contributed by atoms with Crippen LogP contribution >= 0.6 is 0 Å². The third kappa shape index (κ3) is 6.32. The van der Waals surface area contributed by atoms with Gasteiger partial charge in [-0.3, -0.25) is 4.90 Å². The number of benzene rings is 2. The van der Waals surface area contributed by atoms with E-state index in [1.54, 1.807) is 81.3 Å². The van der Waals surface area contributed by atoms with Crippen molar-refractivity contribution in [3.8, 4) is 5.75 Å². The number of esters is 1.